The molecule has 0 rings (SSSR count). The lowest BCUT2D eigenvalue weighted by Gasteiger charge is -1.93. The summed E-state index contributed by atoms with van der Waals surface area (Å²) in [5, 5.41) is 24.8. The lowest BCUT2D eigenvalue weighted by Crippen LogP contribution is -1.87. The van der Waals surface area contributed by atoms with Crippen molar-refractivity contribution < 1.29 is 15.3 Å². The van der Waals surface area contributed by atoms with Gasteiger partial charge < -0.3 is 15.3 Å². The zero-order valence-corrected chi connectivity index (χ0v) is 4.76. The molecule has 0 unspecified atom stereocenters. The smallest absolute Gasteiger partial charge is 0.313 e. The largest absolute Gasteiger partial charge is 0.506 e. The van der Waals surface area contributed by atoms with E-state index in [-0.39, 0.29) is 5.76 Å². The summed E-state index contributed by atoms with van der Waals surface area (Å²) in [4.78, 5) is 0. The predicted molar refractivity (Wildman–Crippen MR) is 29.8 cm³/mol. The second kappa shape index (κ2) is 3.18. The molecule has 8 heavy (non-hydrogen) atoms. The van der Waals surface area contributed by atoms with Crippen LogP contribution in [0.1, 0.15) is 19.8 Å². The number of allylic oxidation sites excluding steroid dienone is 1. The second-order valence-corrected chi connectivity index (χ2v) is 1.52. The van der Waals surface area contributed by atoms with E-state index < -0.39 is 5.95 Å². The minimum atomic E-state index is -0.966. The van der Waals surface area contributed by atoms with Gasteiger partial charge in [-0.1, -0.05) is 6.92 Å². The van der Waals surface area contributed by atoms with Crippen LogP contribution in [0, 0.1) is 0 Å². The molecular formula is C5H10O3. The third kappa shape index (κ3) is 2.34. The Labute approximate surface area is 47.9 Å². The summed E-state index contributed by atoms with van der Waals surface area (Å²) in [5.41, 5.74) is 0. The van der Waals surface area contributed by atoms with Crippen LogP contribution in [0.4, 0.5) is 0 Å². The molecule has 0 heterocycles. The first-order chi connectivity index (χ1) is 3.68. The maximum absolute atomic E-state index is 8.51. The van der Waals surface area contributed by atoms with Gasteiger partial charge in [-0.3, -0.25) is 0 Å². The third-order valence-electron chi connectivity index (χ3n) is 0.745. The molecular weight excluding hydrogens is 108 g/mol. The molecule has 0 aromatic heterocycles. The number of aliphatic hydroxyl groups excluding tert-OH is 2. The first-order valence-corrected chi connectivity index (χ1v) is 2.48. The summed E-state index contributed by atoms with van der Waals surface area (Å²) in [5.74, 6) is -1.31. The Hall–Kier alpha value is -0.860. The summed E-state index contributed by atoms with van der Waals surface area (Å²) in [6, 6.07) is 0. The standard InChI is InChI=1S/C5H10O3/c1-2-3-4(6)5(7)8/h6-8H,2-3H2,1H3. The van der Waals surface area contributed by atoms with Crippen molar-refractivity contribution in [2.75, 3.05) is 0 Å². The fourth-order valence-electron chi connectivity index (χ4n) is 0.349. The first-order valence-electron chi connectivity index (χ1n) is 2.48. The minimum Gasteiger partial charge on any atom is -0.506 e. The van der Waals surface area contributed by atoms with Crippen LogP contribution in [-0.4, -0.2) is 15.3 Å². The summed E-state index contributed by atoms with van der Waals surface area (Å²) < 4.78 is 0. The fraction of sp³-hybridized carbons (Fsp3) is 0.600. The lowest BCUT2D eigenvalue weighted by atomic mass is 10.3. The van der Waals surface area contributed by atoms with E-state index >= 15 is 0 Å². The van der Waals surface area contributed by atoms with Crippen molar-refractivity contribution in [1.29, 1.82) is 0 Å². The zero-order chi connectivity index (χ0) is 6.57. The van der Waals surface area contributed by atoms with Gasteiger partial charge in [0.15, 0.2) is 5.76 Å². The van der Waals surface area contributed by atoms with Crippen molar-refractivity contribution >= 4 is 0 Å². The number of aliphatic hydroxyl groups is 3. The fourth-order valence-corrected chi connectivity index (χ4v) is 0.349. The highest BCUT2D eigenvalue weighted by Crippen LogP contribution is 2.01. The average Bonchev–Trinajstić information content (AvgIpc) is 1.67. The van der Waals surface area contributed by atoms with Crippen molar-refractivity contribution in [2.45, 2.75) is 19.8 Å². The van der Waals surface area contributed by atoms with Crippen molar-refractivity contribution in [3.05, 3.63) is 11.7 Å². The molecule has 0 aromatic rings. The molecule has 0 aromatic carbocycles. The molecule has 0 aliphatic heterocycles. The van der Waals surface area contributed by atoms with Crippen molar-refractivity contribution in [3.63, 3.8) is 0 Å². The van der Waals surface area contributed by atoms with Gasteiger partial charge in [0, 0.05) is 6.42 Å². The molecule has 0 aliphatic rings. The maximum Gasteiger partial charge on any atom is 0.313 e. The number of hydrogen-bond donors (Lipinski definition) is 3. The Kier molecular flexibility index (Phi) is 2.84. The maximum atomic E-state index is 8.51. The summed E-state index contributed by atoms with van der Waals surface area (Å²) in [6.07, 6.45) is 1.03. The van der Waals surface area contributed by atoms with E-state index in [9.17, 15) is 0 Å². The monoisotopic (exact) mass is 118 g/mol. The van der Waals surface area contributed by atoms with Crippen LogP contribution in [0.2, 0.25) is 0 Å². The summed E-state index contributed by atoms with van der Waals surface area (Å²) >= 11 is 0. The zero-order valence-electron chi connectivity index (χ0n) is 4.76. The van der Waals surface area contributed by atoms with Gasteiger partial charge in [0.05, 0.1) is 0 Å². The van der Waals surface area contributed by atoms with E-state index in [0.29, 0.717) is 12.8 Å². The molecule has 3 heteroatoms. The quantitative estimate of drug-likeness (QED) is 0.483. The molecule has 0 fully saturated rings. The molecule has 0 aliphatic carbocycles. The Bertz CT molecular complexity index is 91.8. The van der Waals surface area contributed by atoms with Gasteiger partial charge in [0.1, 0.15) is 0 Å². The van der Waals surface area contributed by atoms with Gasteiger partial charge in [-0.15, -0.1) is 0 Å². The molecule has 0 radical (unpaired) electrons. The van der Waals surface area contributed by atoms with Crippen molar-refractivity contribution in [1.82, 2.24) is 0 Å². The third-order valence-corrected chi connectivity index (χ3v) is 0.745. The summed E-state index contributed by atoms with van der Waals surface area (Å²) in [6.45, 7) is 1.83. The molecule has 0 spiro atoms. The first kappa shape index (κ1) is 7.14. The van der Waals surface area contributed by atoms with Crippen molar-refractivity contribution in [3.8, 4) is 0 Å². The normalized spacial score (nSPS) is 8.62. The van der Waals surface area contributed by atoms with Gasteiger partial charge in [0.25, 0.3) is 0 Å². The number of hydrogen-bond acceptors (Lipinski definition) is 3. The van der Waals surface area contributed by atoms with Gasteiger partial charge in [-0.2, -0.15) is 0 Å². The van der Waals surface area contributed by atoms with Gasteiger partial charge >= 0.3 is 5.95 Å². The predicted octanol–water partition coefficient (Wildman–Crippen LogP) is 1.63. The highest BCUT2D eigenvalue weighted by molar-refractivity contribution is 4.88. The van der Waals surface area contributed by atoms with E-state index in [4.69, 9.17) is 15.3 Å². The van der Waals surface area contributed by atoms with E-state index in [2.05, 4.69) is 0 Å². The SMILES string of the molecule is CCCC(O)=C(O)O. The topological polar surface area (TPSA) is 60.7 Å². The molecule has 0 bridgehead atoms. The highest BCUT2D eigenvalue weighted by atomic mass is 16.5. The van der Waals surface area contributed by atoms with Crippen LogP contribution in [0.5, 0.6) is 0 Å². The molecule has 0 amide bonds. The lowest BCUT2D eigenvalue weighted by molar-refractivity contribution is 0.154. The number of rotatable bonds is 2. The van der Waals surface area contributed by atoms with E-state index in [1.165, 1.54) is 0 Å². The molecule has 0 saturated carbocycles. The van der Waals surface area contributed by atoms with E-state index in [1.807, 2.05) is 6.92 Å². The average molecular weight is 118 g/mol. The molecule has 0 saturated heterocycles. The van der Waals surface area contributed by atoms with Crippen LogP contribution < -0.4 is 0 Å². The Morgan fingerprint density at radius 3 is 1.88 bits per heavy atom. The molecule has 0 atom stereocenters. The van der Waals surface area contributed by atoms with Crippen LogP contribution >= 0.6 is 0 Å². The molecule has 3 nitrogen and oxygen atoms in total. The van der Waals surface area contributed by atoms with E-state index in [0.717, 1.165) is 0 Å². The molecule has 3 N–H and O–H groups in total. The van der Waals surface area contributed by atoms with Gasteiger partial charge in [-0.25, -0.2) is 0 Å². The Balaban J connectivity index is 3.62. The van der Waals surface area contributed by atoms with Crippen LogP contribution in [-0.2, 0) is 0 Å². The van der Waals surface area contributed by atoms with Crippen LogP contribution in [0.25, 0.3) is 0 Å². The van der Waals surface area contributed by atoms with Crippen LogP contribution in [0.15, 0.2) is 11.7 Å². The Morgan fingerprint density at radius 1 is 1.25 bits per heavy atom. The highest BCUT2D eigenvalue weighted by Gasteiger charge is 1.96. The molecule has 48 valence electrons. The van der Waals surface area contributed by atoms with Gasteiger partial charge in [0.2, 0.25) is 0 Å². The van der Waals surface area contributed by atoms with Crippen molar-refractivity contribution in [2.24, 2.45) is 0 Å². The minimum absolute atomic E-state index is 0.322. The summed E-state index contributed by atoms with van der Waals surface area (Å²) in [7, 11) is 0. The van der Waals surface area contributed by atoms with E-state index in [1.54, 1.807) is 0 Å². The van der Waals surface area contributed by atoms with Gasteiger partial charge in [-0.05, 0) is 6.42 Å². The van der Waals surface area contributed by atoms with Crippen LogP contribution in [0.3, 0.4) is 0 Å². The Morgan fingerprint density at radius 2 is 1.75 bits per heavy atom. The second-order valence-electron chi connectivity index (χ2n) is 1.52.